The highest BCUT2D eigenvalue weighted by atomic mass is 19.1. The summed E-state index contributed by atoms with van der Waals surface area (Å²) in [5, 5.41) is 3.86. The molecule has 28 heavy (non-hydrogen) atoms. The number of nitrogens with zero attached hydrogens (tertiary/aromatic N) is 2. The van der Waals surface area contributed by atoms with Crippen molar-refractivity contribution in [2.45, 2.75) is 6.61 Å². The molecule has 0 aliphatic rings. The molecule has 0 atom stereocenters. The average molecular weight is 382 g/mol. The Labute approximate surface area is 158 Å². The normalized spacial score (nSPS) is 10.8. The molecule has 0 unspecified atom stereocenters. The third kappa shape index (κ3) is 3.73. The average Bonchev–Trinajstić information content (AvgIpc) is 3.19. The molecule has 0 fully saturated rings. The van der Waals surface area contributed by atoms with Crippen LogP contribution in [0.5, 0.6) is 5.75 Å². The van der Waals surface area contributed by atoms with Crippen molar-refractivity contribution in [3.05, 3.63) is 89.7 Å². The summed E-state index contributed by atoms with van der Waals surface area (Å²) in [7, 11) is 0. The maximum absolute atomic E-state index is 13.8. The van der Waals surface area contributed by atoms with Crippen LogP contribution in [0.25, 0.3) is 22.8 Å². The fourth-order valence-electron chi connectivity index (χ4n) is 2.60. The third-order valence-electron chi connectivity index (χ3n) is 4.04. The van der Waals surface area contributed by atoms with E-state index in [0.29, 0.717) is 17.1 Å². The molecule has 1 aromatic heterocycles. The summed E-state index contributed by atoms with van der Waals surface area (Å²) >= 11 is 0. The van der Waals surface area contributed by atoms with Crippen LogP contribution in [0.1, 0.15) is 5.56 Å². The second-order valence-electron chi connectivity index (χ2n) is 5.95. The zero-order chi connectivity index (χ0) is 19.5. The first kappa shape index (κ1) is 17.8. The summed E-state index contributed by atoms with van der Waals surface area (Å²) in [6.07, 6.45) is 0. The van der Waals surface area contributed by atoms with Crippen LogP contribution >= 0.6 is 0 Å². The predicted octanol–water partition coefficient (Wildman–Crippen LogP) is 5.40. The summed E-state index contributed by atoms with van der Waals surface area (Å²) in [5.41, 5.74) is 0.978. The predicted molar refractivity (Wildman–Crippen MR) is 95.8 cm³/mol. The van der Waals surface area contributed by atoms with E-state index in [1.165, 1.54) is 6.07 Å². The van der Waals surface area contributed by atoms with Gasteiger partial charge in [0.25, 0.3) is 5.89 Å². The van der Waals surface area contributed by atoms with E-state index in [1.54, 1.807) is 42.5 Å². The Morgan fingerprint density at radius 1 is 0.857 bits per heavy atom. The van der Waals surface area contributed by atoms with Crippen molar-refractivity contribution in [1.82, 2.24) is 10.1 Å². The van der Waals surface area contributed by atoms with Gasteiger partial charge >= 0.3 is 0 Å². The van der Waals surface area contributed by atoms with Gasteiger partial charge in [-0.25, -0.2) is 13.2 Å². The van der Waals surface area contributed by atoms with Crippen LogP contribution in [-0.4, -0.2) is 10.1 Å². The molecule has 0 spiro atoms. The van der Waals surface area contributed by atoms with Crippen LogP contribution < -0.4 is 4.74 Å². The Bertz CT molecular complexity index is 1110. The summed E-state index contributed by atoms with van der Waals surface area (Å²) in [4.78, 5) is 4.21. The van der Waals surface area contributed by atoms with E-state index < -0.39 is 17.5 Å². The first-order valence-corrected chi connectivity index (χ1v) is 8.36. The number of hydrogen-bond acceptors (Lipinski definition) is 4. The quantitative estimate of drug-likeness (QED) is 0.464. The molecule has 140 valence electrons. The fourth-order valence-corrected chi connectivity index (χ4v) is 2.60. The smallest absolute Gasteiger partial charge is 0.261 e. The molecule has 0 saturated heterocycles. The molecule has 0 aliphatic heterocycles. The van der Waals surface area contributed by atoms with Crippen molar-refractivity contribution in [3.63, 3.8) is 0 Å². The van der Waals surface area contributed by atoms with Gasteiger partial charge in [0.1, 0.15) is 29.8 Å². The summed E-state index contributed by atoms with van der Waals surface area (Å²) in [6, 6.07) is 16.0. The van der Waals surface area contributed by atoms with Gasteiger partial charge in [0.15, 0.2) is 0 Å². The van der Waals surface area contributed by atoms with Gasteiger partial charge in [0, 0.05) is 11.1 Å². The third-order valence-corrected chi connectivity index (χ3v) is 4.04. The Morgan fingerprint density at radius 2 is 1.64 bits per heavy atom. The molecule has 0 radical (unpaired) electrons. The molecular formula is C21H13F3N2O2. The van der Waals surface area contributed by atoms with Gasteiger partial charge in [0.05, 0.1) is 5.56 Å². The van der Waals surface area contributed by atoms with E-state index in [0.717, 1.165) is 18.2 Å². The molecule has 4 rings (SSSR count). The van der Waals surface area contributed by atoms with Crippen molar-refractivity contribution in [2.24, 2.45) is 0 Å². The minimum absolute atomic E-state index is 0.0787. The van der Waals surface area contributed by atoms with E-state index >= 15 is 0 Å². The molecule has 3 aromatic carbocycles. The van der Waals surface area contributed by atoms with Crippen molar-refractivity contribution < 1.29 is 22.4 Å². The van der Waals surface area contributed by atoms with Crippen molar-refractivity contribution >= 4 is 0 Å². The molecule has 0 bridgehead atoms. The summed E-state index contributed by atoms with van der Waals surface area (Å²) in [5.74, 6) is -0.684. The lowest BCUT2D eigenvalue weighted by atomic mass is 10.2. The highest BCUT2D eigenvalue weighted by Crippen LogP contribution is 2.25. The van der Waals surface area contributed by atoms with Gasteiger partial charge in [-0.3, -0.25) is 0 Å². The molecule has 0 saturated carbocycles. The number of ether oxygens (including phenoxy) is 1. The summed E-state index contributed by atoms with van der Waals surface area (Å²) in [6.45, 7) is -0.109. The minimum atomic E-state index is -0.537. The van der Waals surface area contributed by atoms with Crippen molar-refractivity contribution in [2.75, 3.05) is 0 Å². The highest BCUT2D eigenvalue weighted by molar-refractivity contribution is 5.60. The van der Waals surface area contributed by atoms with E-state index in [4.69, 9.17) is 9.26 Å². The van der Waals surface area contributed by atoms with Gasteiger partial charge in [0.2, 0.25) is 5.82 Å². The Hall–Kier alpha value is -3.61. The molecular weight excluding hydrogens is 369 g/mol. The second kappa shape index (κ2) is 7.56. The topological polar surface area (TPSA) is 48.2 Å². The Balaban J connectivity index is 1.48. The van der Waals surface area contributed by atoms with Gasteiger partial charge < -0.3 is 9.26 Å². The minimum Gasteiger partial charge on any atom is -0.489 e. The number of benzene rings is 3. The van der Waals surface area contributed by atoms with Crippen LogP contribution in [0.3, 0.4) is 0 Å². The van der Waals surface area contributed by atoms with Crippen LogP contribution in [0, 0.1) is 17.5 Å². The van der Waals surface area contributed by atoms with Gasteiger partial charge in [-0.05, 0) is 54.6 Å². The van der Waals surface area contributed by atoms with E-state index in [-0.39, 0.29) is 23.6 Å². The molecule has 4 nitrogen and oxygen atoms in total. The lowest BCUT2D eigenvalue weighted by Gasteiger charge is -2.07. The molecule has 0 aliphatic carbocycles. The maximum atomic E-state index is 13.8. The number of halogens is 3. The zero-order valence-electron chi connectivity index (χ0n) is 14.4. The zero-order valence-corrected chi connectivity index (χ0v) is 14.4. The first-order chi connectivity index (χ1) is 13.6. The van der Waals surface area contributed by atoms with Gasteiger partial charge in [-0.2, -0.15) is 4.98 Å². The molecule has 0 N–H and O–H groups in total. The highest BCUT2D eigenvalue weighted by Gasteiger charge is 2.14. The molecule has 7 heteroatoms. The second-order valence-corrected chi connectivity index (χ2v) is 5.95. The fraction of sp³-hybridized carbons (Fsp3) is 0.0476. The maximum Gasteiger partial charge on any atom is 0.261 e. The van der Waals surface area contributed by atoms with Gasteiger partial charge in [-0.1, -0.05) is 17.3 Å². The molecule has 1 heterocycles. The van der Waals surface area contributed by atoms with E-state index in [2.05, 4.69) is 10.1 Å². The lowest BCUT2D eigenvalue weighted by molar-refractivity contribution is 0.299. The van der Waals surface area contributed by atoms with E-state index in [1.807, 2.05) is 0 Å². The Morgan fingerprint density at radius 3 is 2.43 bits per heavy atom. The summed E-state index contributed by atoms with van der Waals surface area (Å²) < 4.78 is 51.3. The Kier molecular flexibility index (Phi) is 4.80. The largest absolute Gasteiger partial charge is 0.489 e. The van der Waals surface area contributed by atoms with Gasteiger partial charge in [-0.15, -0.1) is 0 Å². The van der Waals surface area contributed by atoms with Crippen molar-refractivity contribution in [1.29, 1.82) is 0 Å². The standard InChI is InChI=1S/C21H13F3N2O2/c22-15-7-10-18(23)14(11-15)12-27-16-8-5-13(6-9-16)20-25-21(28-26-20)17-3-1-2-4-19(17)24/h1-11H,12H2. The lowest BCUT2D eigenvalue weighted by Crippen LogP contribution is -1.99. The number of aromatic nitrogens is 2. The SMILES string of the molecule is Fc1ccc(F)c(COc2ccc(-c3noc(-c4ccccc4F)n3)cc2)c1. The van der Waals surface area contributed by atoms with Crippen LogP contribution in [0.15, 0.2) is 71.3 Å². The molecule has 0 amide bonds. The molecule has 4 aromatic rings. The number of hydrogen-bond donors (Lipinski definition) is 0. The monoisotopic (exact) mass is 382 g/mol. The van der Waals surface area contributed by atoms with Crippen LogP contribution in [0.4, 0.5) is 13.2 Å². The first-order valence-electron chi connectivity index (χ1n) is 8.36. The van der Waals surface area contributed by atoms with Crippen LogP contribution in [-0.2, 0) is 6.61 Å². The van der Waals surface area contributed by atoms with E-state index in [9.17, 15) is 13.2 Å². The number of rotatable bonds is 5. The van der Waals surface area contributed by atoms with Crippen LogP contribution in [0.2, 0.25) is 0 Å². The van der Waals surface area contributed by atoms with Crippen molar-refractivity contribution in [3.8, 4) is 28.6 Å².